The Hall–Kier alpha value is -0.990. The van der Waals surface area contributed by atoms with E-state index >= 15 is 0 Å². The molecule has 0 amide bonds. The molecular formula is C7H11NO2. The van der Waals surface area contributed by atoms with E-state index in [0.717, 1.165) is 12.8 Å². The lowest BCUT2D eigenvalue weighted by molar-refractivity contribution is -0.133. The summed E-state index contributed by atoms with van der Waals surface area (Å²) in [6.45, 7) is 1.89. The zero-order valence-electron chi connectivity index (χ0n) is 5.92. The minimum absolute atomic E-state index is 0.137. The van der Waals surface area contributed by atoms with Crippen LogP contribution in [0, 0.1) is 5.92 Å². The minimum atomic E-state index is -0.859. The number of carboxylic acid groups (broad SMARTS) is 1. The number of aliphatic carboxylic acids is 1. The van der Waals surface area contributed by atoms with E-state index in [4.69, 9.17) is 10.8 Å². The highest BCUT2D eigenvalue weighted by molar-refractivity contribution is 5.88. The quantitative estimate of drug-likeness (QED) is 0.565. The molecule has 0 aromatic carbocycles. The lowest BCUT2D eigenvalue weighted by Crippen LogP contribution is -2.09. The van der Waals surface area contributed by atoms with Crippen molar-refractivity contribution in [1.82, 2.24) is 0 Å². The molecule has 0 saturated carbocycles. The molecule has 10 heavy (non-hydrogen) atoms. The van der Waals surface area contributed by atoms with Gasteiger partial charge in [0.2, 0.25) is 0 Å². The SMILES string of the molecule is C[C@@H]1CCC(N)=C1C(=O)O. The smallest absolute Gasteiger partial charge is 0.333 e. The van der Waals surface area contributed by atoms with Crippen LogP contribution in [0.4, 0.5) is 0 Å². The summed E-state index contributed by atoms with van der Waals surface area (Å²) >= 11 is 0. The van der Waals surface area contributed by atoms with Crippen molar-refractivity contribution in [2.45, 2.75) is 19.8 Å². The molecule has 56 valence electrons. The zero-order chi connectivity index (χ0) is 7.72. The summed E-state index contributed by atoms with van der Waals surface area (Å²) < 4.78 is 0. The first-order chi connectivity index (χ1) is 4.63. The van der Waals surface area contributed by atoms with Gasteiger partial charge in [-0.25, -0.2) is 4.79 Å². The fourth-order valence-electron chi connectivity index (χ4n) is 1.32. The van der Waals surface area contributed by atoms with Gasteiger partial charge < -0.3 is 10.8 Å². The Labute approximate surface area is 59.5 Å². The van der Waals surface area contributed by atoms with Crippen LogP contribution in [0.2, 0.25) is 0 Å². The monoisotopic (exact) mass is 141 g/mol. The number of carbonyl (C=O) groups is 1. The van der Waals surface area contributed by atoms with Crippen LogP contribution in [0.1, 0.15) is 19.8 Å². The Balaban J connectivity index is 2.88. The Morgan fingerprint density at radius 1 is 1.80 bits per heavy atom. The van der Waals surface area contributed by atoms with Crippen LogP contribution in [0.15, 0.2) is 11.3 Å². The summed E-state index contributed by atoms with van der Waals surface area (Å²) in [4.78, 5) is 10.5. The third-order valence-corrected chi connectivity index (χ3v) is 1.92. The first-order valence-corrected chi connectivity index (χ1v) is 3.34. The molecule has 0 saturated heterocycles. The second-order valence-electron chi connectivity index (χ2n) is 2.68. The summed E-state index contributed by atoms with van der Waals surface area (Å²) in [7, 11) is 0. The Morgan fingerprint density at radius 2 is 2.40 bits per heavy atom. The number of nitrogens with two attached hydrogens (primary N) is 1. The van der Waals surface area contributed by atoms with E-state index in [1.807, 2.05) is 6.92 Å². The zero-order valence-corrected chi connectivity index (χ0v) is 5.92. The topological polar surface area (TPSA) is 63.3 Å². The summed E-state index contributed by atoms with van der Waals surface area (Å²) in [6.07, 6.45) is 1.62. The minimum Gasteiger partial charge on any atom is -0.478 e. The Kier molecular flexibility index (Phi) is 1.66. The molecule has 3 heteroatoms. The molecule has 0 spiro atoms. The van der Waals surface area contributed by atoms with Gasteiger partial charge in [-0.1, -0.05) is 6.92 Å². The van der Waals surface area contributed by atoms with Crippen molar-refractivity contribution in [3.8, 4) is 0 Å². The van der Waals surface area contributed by atoms with E-state index in [1.54, 1.807) is 0 Å². The van der Waals surface area contributed by atoms with Crippen LogP contribution in [-0.2, 0) is 4.79 Å². The van der Waals surface area contributed by atoms with E-state index < -0.39 is 5.97 Å². The van der Waals surface area contributed by atoms with E-state index in [2.05, 4.69) is 0 Å². The van der Waals surface area contributed by atoms with E-state index in [9.17, 15) is 4.79 Å². The molecule has 1 rings (SSSR count). The fourth-order valence-corrected chi connectivity index (χ4v) is 1.32. The second-order valence-corrected chi connectivity index (χ2v) is 2.68. The van der Waals surface area contributed by atoms with Crippen LogP contribution in [0.3, 0.4) is 0 Å². The van der Waals surface area contributed by atoms with Crippen molar-refractivity contribution >= 4 is 5.97 Å². The maximum atomic E-state index is 10.5. The lowest BCUT2D eigenvalue weighted by Gasteiger charge is -2.01. The summed E-state index contributed by atoms with van der Waals surface area (Å²) in [5.74, 6) is -0.722. The molecule has 0 bridgehead atoms. The molecule has 0 unspecified atom stereocenters. The molecule has 0 aromatic heterocycles. The van der Waals surface area contributed by atoms with Gasteiger partial charge in [0.15, 0.2) is 0 Å². The molecule has 1 atom stereocenters. The van der Waals surface area contributed by atoms with Gasteiger partial charge in [-0.3, -0.25) is 0 Å². The highest BCUT2D eigenvalue weighted by Crippen LogP contribution is 2.28. The predicted molar refractivity (Wildman–Crippen MR) is 37.2 cm³/mol. The lowest BCUT2D eigenvalue weighted by atomic mass is 10.0. The highest BCUT2D eigenvalue weighted by atomic mass is 16.4. The van der Waals surface area contributed by atoms with Crippen LogP contribution < -0.4 is 5.73 Å². The van der Waals surface area contributed by atoms with Gasteiger partial charge in [-0.2, -0.15) is 0 Å². The number of hydrogen-bond donors (Lipinski definition) is 2. The average molecular weight is 141 g/mol. The summed E-state index contributed by atoms with van der Waals surface area (Å²) in [5.41, 5.74) is 6.44. The van der Waals surface area contributed by atoms with Crippen molar-refractivity contribution in [2.75, 3.05) is 0 Å². The normalized spacial score (nSPS) is 25.5. The maximum absolute atomic E-state index is 10.5. The van der Waals surface area contributed by atoms with Gasteiger partial charge in [0, 0.05) is 5.70 Å². The largest absolute Gasteiger partial charge is 0.478 e. The van der Waals surface area contributed by atoms with Crippen LogP contribution >= 0.6 is 0 Å². The van der Waals surface area contributed by atoms with Gasteiger partial charge in [-0.15, -0.1) is 0 Å². The van der Waals surface area contributed by atoms with Crippen LogP contribution in [-0.4, -0.2) is 11.1 Å². The van der Waals surface area contributed by atoms with Crippen LogP contribution in [0.5, 0.6) is 0 Å². The molecule has 0 heterocycles. The number of allylic oxidation sites excluding steroid dienone is 1. The standard InChI is InChI=1S/C7H11NO2/c1-4-2-3-5(8)6(4)7(9)10/h4H,2-3,8H2,1H3,(H,9,10)/t4-/m1/s1. The maximum Gasteiger partial charge on any atom is 0.333 e. The average Bonchev–Trinajstić information content (AvgIpc) is 2.11. The van der Waals surface area contributed by atoms with Gasteiger partial charge in [0.05, 0.1) is 5.57 Å². The highest BCUT2D eigenvalue weighted by Gasteiger charge is 2.24. The number of carboxylic acids is 1. The van der Waals surface area contributed by atoms with Crippen molar-refractivity contribution in [3.63, 3.8) is 0 Å². The van der Waals surface area contributed by atoms with Gasteiger partial charge in [0.25, 0.3) is 0 Å². The predicted octanol–water partition coefficient (Wildman–Crippen LogP) is 0.714. The van der Waals surface area contributed by atoms with Gasteiger partial charge in [-0.05, 0) is 18.8 Å². The van der Waals surface area contributed by atoms with E-state index in [1.165, 1.54) is 0 Å². The second kappa shape index (κ2) is 2.33. The molecule has 3 nitrogen and oxygen atoms in total. The van der Waals surface area contributed by atoms with Crippen molar-refractivity contribution in [1.29, 1.82) is 0 Å². The van der Waals surface area contributed by atoms with Gasteiger partial charge in [0.1, 0.15) is 0 Å². The Morgan fingerprint density at radius 3 is 2.60 bits per heavy atom. The molecule has 3 N–H and O–H groups in total. The summed E-state index contributed by atoms with van der Waals surface area (Å²) in [5, 5.41) is 8.62. The van der Waals surface area contributed by atoms with Crippen LogP contribution in [0.25, 0.3) is 0 Å². The molecule has 1 aliphatic carbocycles. The van der Waals surface area contributed by atoms with E-state index in [0.29, 0.717) is 11.3 Å². The van der Waals surface area contributed by atoms with Crippen molar-refractivity contribution in [2.24, 2.45) is 11.7 Å². The molecular weight excluding hydrogens is 130 g/mol. The third-order valence-electron chi connectivity index (χ3n) is 1.92. The first-order valence-electron chi connectivity index (χ1n) is 3.34. The number of hydrogen-bond acceptors (Lipinski definition) is 2. The van der Waals surface area contributed by atoms with Gasteiger partial charge >= 0.3 is 5.97 Å². The molecule has 1 aliphatic rings. The first kappa shape index (κ1) is 7.12. The molecule has 0 aromatic rings. The molecule has 0 aliphatic heterocycles. The summed E-state index contributed by atoms with van der Waals surface area (Å²) in [6, 6.07) is 0. The Bertz CT molecular complexity index is 196. The van der Waals surface area contributed by atoms with E-state index in [-0.39, 0.29) is 5.92 Å². The number of rotatable bonds is 1. The third kappa shape index (κ3) is 0.988. The van der Waals surface area contributed by atoms with Crippen molar-refractivity contribution in [3.05, 3.63) is 11.3 Å². The molecule has 0 radical (unpaired) electrons. The molecule has 0 fully saturated rings. The van der Waals surface area contributed by atoms with Crippen molar-refractivity contribution < 1.29 is 9.90 Å². The fraction of sp³-hybridized carbons (Fsp3) is 0.571.